The smallest absolute Gasteiger partial charge is 0.152 e. The van der Waals surface area contributed by atoms with Gasteiger partial charge in [-0.25, -0.2) is 0 Å². The van der Waals surface area contributed by atoms with Gasteiger partial charge in [0.1, 0.15) is 17.3 Å². The van der Waals surface area contributed by atoms with Crippen LogP contribution in [0.15, 0.2) is 76.4 Å². The maximum atomic E-state index is 13.6. The van der Waals surface area contributed by atoms with E-state index >= 15 is 0 Å². The molecule has 1 aliphatic heterocycles. The number of hydrogen-bond donors (Lipinski definition) is 1. The Hall–Kier alpha value is -1.95. The highest BCUT2D eigenvalue weighted by atomic mass is 35.5. The van der Waals surface area contributed by atoms with Crippen molar-refractivity contribution in [2.45, 2.75) is 6.42 Å². The summed E-state index contributed by atoms with van der Waals surface area (Å²) in [6.45, 7) is 0.479. The van der Waals surface area contributed by atoms with E-state index in [1.54, 1.807) is 19.3 Å². The van der Waals surface area contributed by atoms with Gasteiger partial charge < -0.3 is 20.3 Å². The van der Waals surface area contributed by atoms with Crippen LogP contribution < -0.4 is 10.5 Å². The van der Waals surface area contributed by atoms with E-state index in [2.05, 4.69) is 0 Å². The number of quaternary nitrogens is 1. The van der Waals surface area contributed by atoms with E-state index in [4.69, 9.17) is 33.7 Å². The minimum atomic E-state index is -0.612. The van der Waals surface area contributed by atoms with E-state index in [0.717, 1.165) is 16.9 Å². The predicted octanol–water partition coefficient (Wildman–Crippen LogP) is 5.86. The number of hydrogen-bond acceptors (Lipinski definition) is 3. The van der Waals surface area contributed by atoms with E-state index in [1.165, 1.54) is 0 Å². The molecule has 1 aliphatic rings. The highest BCUT2D eigenvalue weighted by molar-refractivity contribution is 6.35. The van der Waals surface area contributed by atoms with Crippen molar-refractivity contribution in [1.29, 1.82) is 0 Å². The van der Waals surface area contributed by atoms with Crippen LogP contribution in [0.5, 0.6) is 5.75 Å². The van der Waals surface area contributed by atoms with Gasteiger partial charge in [-0.15, -0.1) is 12.4 Å². The predicted molar refractivity (Wildman–Crippen MR) is 124 cm³/mol. The molecular weight excluding hydrogens is 431 g/mol. The summed E-state index contributed by atoms with van der Waals surface area (Å²) in [6, 6.07) is 15.1. The molecule has 2 aromatic carbocycles. The summed E-state index contributed by atoms with van der Waals surface area (Å²) in [5, 5.41) is 14.4. The third kappa shape index (κ3) is 6.01. The summed E-state index contributed by atoms with van der Waals surface area (Å²) in [5.74, 6) is 0.750. The van der Waals surface area contributed by atoms with Gasteiger partial charge in [-0.1, -0.05) is 47.5 Å². The van der Waals surface area contributed by atoms with Crippen molar-refractivity contribution in [2.75, 3.05) is 25.9 Å². The Bertz CT molecular complexity index is 939. The van der Waals surface area contributed by atoms with E-state index in [1.807, 2.05) is 54.6 Å². The van der Waals surface area contributed by atoms with Crippen LogP contribution in [0, 0.1) is 5.21 Å². The molecule has 0 saturated carbocycles. The molecule has 3 rings (SSSR count). The number of nitrogens with two attached hydrogens (primary N) is 1. The SMILES string of the molecule is COc1cccc(C=CC2=C(Cl)C=C(Cl)C[N+]2([O-])CCc2ccc(N)cc2)c1.Cl. The van der Waals surface area contributed by atoms with Crippen LogP contribution in [0.4, 0.5) is 5.69 Å². The molecule has 0 bridgehead atoms. The van der Waals surface area contributed by atoms with Crippen molar-refractivity contribution < 1.29 is 9.38 Å². The molecule has 1 heterocycles. The quantitative estimate of drug-likeness (QED) is 0.339. The lowest BCUT2D eigenvalue weighted by molar-refractivity contribution is -0.834. The van der Waals surface area contributed by atoms with Gasteiger partial charge in [0.05, 0.1) is 18.7 Å². The average Bonchev–Trinajstić information content (AvgIpc) is 2.67. The molecule has 7 heteroatoms. The summed E-state index contributed by atoms with van der Waals surface area (Å²) >= 11 is 12.6. The van der Waals surface area contributed by atoms with Crippen molar-refractivity contribution in [2.24, 2.45) is 0 Å². The Balaban J connectivity index is 0.00000300. The van der Waals surface area contributed by atoms with Crippen LogP contribution in [0.2, 0.25) is 0 Å². The lowest BCUT2D eigenvalue weighted by Gasteiger charge is -2.44. The number of nitrogens with zero attached hydrogens (tertiary/aromatic N) is 1. The minimum Gasteiger partial charge on any atom is -0.627 e. The van der Waals surface area contributed by atoms with Gasteiger partial charge in [0, 0.05) is 18.2 Å². The van der Waals surface area contributed by atoms with Crippen LogP contribution in [0.25, 0.3) is 6.08 Å². The number of methoxy groups -OCH3 is 1. The normalized spacial score (nSPS) is 19.1. The fourth-order valence-corrected chi connectivity index (χ4v) is 3.82. The molecule has 2 aromatic rings. The zero-order chi connectivity index (χ0) is 20.1. The molecule has 154 valence electrons. The van der Waals surface area contributed by atoms with Crippen LogP contribution >= 0.6 is 35.6 Å². The average molecular weight is 454 g/mol. The van der Waals surface area contributed by atoms with Crippen molar-refractivity contribution in [3.05, 3.63) is 92.8 Å². The summed E-state index contributed by atoms with van der Waals surface area (Å²) in [5.41, 5.74) is 8.88. The number of rotatable bonds is 6. The summed E-state index contributed by atoms with van der Waals surface area (Å²) in [6.07, 6.45) is 5.87. The number of nitrogen functional groups attached to an aromatic ring is 1. The van der Waals surface area contributed by atoms with Gasteiger partial charge in [-0.3, -0.25) is 0 Å². The monoisotopic (exact) mass is 452 g/mol. The Labute approximate surface area is 187 Å². The fraction of sp³-hybridized carbons (Fsp3) is 0.182. The number of benzene rings is 2. The molecule has 0 amide bonds. The first-order valence-electron chi connectivity index (χ1n) is 8.91. The number of allylic oxidation sites excluding steroid dienone is 3. The van der Waals surface area contributed by atoms with Crippen LogP contribution in [0.3, 0.4) is 0 Å². The number of ether oxygens (including phenoxy) is 1. The van der Waals surface area contributed by atoms with E-state index in [0.29, 0.717) is 34.4 Å². The Morgan fingerprint density at radius 3 is 2.55 bits per heavy atom. The largest absolute Gasteiger partial charge is 0.627 e. The van der Waals surface area contributed by atoms with Crippen molar-refractivity contribution in [3.8, 4) is 5.75 Å². The van der Waals surface area contributed by atoms with Gasteiger partial charge in [-0.05, 0) is 47.5 Å². The summed E-state index contributed by atoms with van der Waals surface area (Å²) in [4.78, 5) is 0. The molecule has 0 spiro atoms. The van der Waals surface area contributed by atoms with Crippen LogP contribution in [-0.2, 0) is 6.42 Å². The van der Waals surface area contributed by atoms with Gasteiger partial charge in [0.15, 0.2) is 5.70 Å². The maximum Gasteiger partial charge on any atom is 0.152 e. The molecule has 1 atom stereocenters. The molecule has 4 nitrogen and oxygen atoms in total. The van der Waals surface area contributed by atoms with Gasteiger partial charge in [0.2, 0.25) is 0 Å². The summed E-state index contributed by atoms with van der Waals surface area (Å²) < 4.78 is 4.63. The number of anilines is 1. The number of halogens is 3. The second-order valence-electron chi connectivity index (χ2n) is 6.70. The van der Waals surface area contributed by atoms with Crippen LogP contribution in [0.1, 0.15) is 11.1 Å². The Morgan fingerprint density at radius 1 is 1.14 bits per heavy atom. The van der Waals surface area contributed by atoms with Crippen molar-refractivity contribution in [3.63, 3.8) is 0 Å². The fourth-order valence-electron chi connectivity index (χ4n) is 3.11. The number of hydroxylamine groups is 3. The molecule has 29 heavy (non-hydrogen) atoms. The zero-order valence-corrected chi connectivity index (χ0v) is 18.3. The third-order valence-electron chi connectivity index (χ3n) is 4.64. The van der Waals surface area contributed by atoms with E-state index in [9.17, 15) is 5.21 Å². The van der Waals surface area contributed by atoms with Gasteiger partial charge >= 0.3 is 0 Å². The van der Waals surface area contributed by atoms with Crippen molar-refractivity contribution in [1.82, 2.24) is 0 Å². The first kappa shape index (κ1) is 23.3. The summed E-state index contributed by atoms with van der Waals surface area (Å²) in [7, 11) is 1.62. The maximum absolute atomic E-state index is 13.6. The molecule has 1 unspecified atom stereocenters. The Morgan fingerprint density at radius 2 is 1.86 bits per heavy atom. The van der Waals surface area contributed by atoms with Crippen LogP contribution in [-0.4, -0.2) is 24.8 Å². The molecule has 0 aromatic heterocycles. The first-order valence-corrected chi connectivity index (χ1v) is 9.66. The topological polar surface area (TPSA) is 58.3 Å². The lowest BCUT2D eigenvalue weighted by Crippen LogP contribution is -2.45. The molecule has 2 N–H and O–H groups in total. The van der Waals surface area contributed by atoms with Gasteiger partial charge in [-0.2, -0.15) is 0 Å². The minimum absolute atomic E-state index is 0. The third-order valence-corrected chi connectivity index (χ3v) is 5.17. The first-order chi connectivity index (χ1) is 13.4. The highest BCUT2D eigenvalue weighted by Gasteiger charge is 2.29. The second-order valence-corrected chi connectivity index (χ2v) is 7.59. The molecular formula is C22H23Cl3N2O2. The van der Waals surface area contributed by atoms with Crippen molar-refractivity contribution >= 4 is 47.4 Å². The van der Waals surface area contributed by atoms with E-state index < -0.39 is 4.65 Å². The molecule has 0 radical (unpaired) electrons. The Kier molecular flexibility index (Phi) is 8.20. The second kappa shape index (κ2) is 10.2. The molecule has 0 fully saturated rings. The van der Waals surface area contributed by atoms with Gasteiger partial charge in [0.25, 0.3) is 0 Å². The zero-order valence-electron chi connectivity index (χ0n) is 16.0. The molecule has 0 saturated heterocycles. The highest BCUT2D eigenvalue weighted by Crippen LogP contribution is 2.33. The molecule has 0 aliphatic carbocycles. The standard InChI is InChI=1S/C22H22Cl2N2O2.ClH/c1-28-20-4-2-3-17(13-20)7-10-22-21(24)14-18(23)15-26(22,27)12-11-16-5-8-19(25)9-6-16;/h2-10,13-14H,11-12,15,25H2,1H3;1H. The van der Waals surface area contributed by atoms with E-state index in [-0.39, 0.29) is 19.0 Å². The lowest BCUT2D eigenvalue weighted by atomic mass is 10.1.